The Labute approximate surface area is 181 Å². The van der Waals surface area contributed by atoms with E-state index in [2.05, 4.69) is 5.32 Å². The molecule has 2 heterocycles. The summed E-state index contributed by atoms with van der Waals surface area (Å²) in [7, 11) is 6.94. The molecule has 0 saturated carbocycles. The maximum atomic E-state index is 13.2. The summed E-state index contributed by atoms with van der Waals surface area (Å²) in [4.78, 5) is 40.8. The van der Waals surface area contributed by atoms with Crippen molar-refractivity contribution in [1.82, 2.24) is 9.13 Å². The van der Waals surface area contributed by atoms with Crippen LogP contribution in [0.25, 0.3) is 0 Å². The molecule has 0 fully saturated rings. The normalized spacial score (nSPS) is 15.5. The van der Waals surface area contributed by atoms with Crippen molar-refractivity contribution >= 4 is 17.5 Å². The van der Waals surface area contributed by atoms with Crippen LogP contribution in [-0.4, -0.2) is 35.8 Å². The molecule has 0 bridgehead atoms. The Balaban J connectivity index is 2.26. The minimum Gasteiger partial charge on any atom is -0.462 e. The molecular formula is C23H30N4O4. The number of rotatable bonds is 5. The number of hydrogen-bond acceptors (Lipinski definition) is 6. The molecule has 31 heavy (non-hydrogen) atoms. The predicted octanol–water partition coefficient (Wildman–Crippen LogP) is 2.18. The molecule has 1 aromatic heterocycles. The van der Waals surface area contributed by atoms with Crippen molar-refractivity contribution < 1.29 is 9.53 Å². The molecule has 1 atom stereocenters. The third-order valence-corrected chi connectivity index (χ3v) is 5.50. The standard InChI is InChI=1S/C23H30N4O4/c1-13(2)12-31-22(29)17-14(3)24-20-19(21(28)27(7)23(30)26(20)6)18(17)15-8-10-16(11-9-15)25(4)5/h8-11,13,18,24H,12H2,1-7H3. The van der Waals surface area contributed by atoms with Crippen LogP contribution >= 0.6 is 0 Å². The third-order valence-electron chi connectivity index (χ3n) is 5.50. The highest BCUT2D eigenvalue weighted by Crippen LogP contribution is 2.40. The quantitative estimate of drug-likeness (QED) is 0.738. The summed E-state index contributed by atoms with van der Waals surface area (Å²) < 4.78 is 8.01. The fourth-order valence-corrected chi connectivity index (χ4v) is 3.78. The van der Waals surface area contributed by atoms with E-state index in [9.17, 15) is 14.4 Å². The molecule has 0 aliphatic carbocycles. The van der Waals surface area contributed by atoms with Crippen molar-refractivity contribution in [3.8, 4) is 0 Å². The highest BCUT2D eigenvalue weighted by Gasteiger charge is 2.37. The van der Waals surface area contributed by atoms with Crippen molar-refractivity contribution in [2.45, 2.75) is 26.7 Å². The summed E-state index contributed by atoms with van der Waals surface area (Å²) in [6, 6.07) is 7.69. The summed E-state index contributed by atoms with van der Waals surface area (Å²) >= 11 is 0. The third kappa shape index (κ3) is 4.02. The Morgan fingerprint density at radius 2 is 1.74 bits per heavy atom. The van der Waals surface area contributed by atoms with Gasteiger partial charge in [-0.05, 0) is 30.5 Å². The average molecular weight is 427 g/mol. The van der Waals surface area contributed by atoms with Crippen LogP contribution in [0.4, 0.5) is 11.5 Å². The first-order chi connectivity index (χ1) is 14.5. The Morgan fingerprint density at radius 1 is 1.13 bits per heavy atom. The van der Waals surface area contributed by atoms with Crippen molar-refractivity contribution in [2.75, 3.05) is 30.9 Å². The van der Waals surface area contributed by atoms with Gasteiger partial charge < -0.3 is 15.0 Å². The number of carbonyl (C=O) groups excluding carboxylic acids is 1. The van der Waals surface area contributed by atoms with Crippen molar-refractivity contribution in [3.63, 3.8) is 0 Å². The van der Waals surface area contributed by atoms with Gasteiger partial charge in [0.2, 0.25) is 0 Å². The summed E-state index contributed by atoms with van der Waals surface area (Å²) in [5.74, 6) is -0.549. The van der Waals surface area contributed by atoms with Crippen LogP contribution in [0, 0.1) is 5.92 Å². The van der Waals surface area contributed by atoms with Gasteiger partial charge in [-0.25, -0.2) is 9.59 Å². The van der Waals surface area contributed by atoms with Gasteiger partial charge in [0.25, 0.3) is 5.56 Å². The maximum absolute atomic E-state index is 13.2. The highest BCUT2D eigenvalue weighted by atomic mass is 16.5. The van der Waals surface area contributed by atoms with E-state index in [-0.39, 0.29) is 12.5 Å². The molecule has 0 amide bonds. The molecule has 1 N–H and O–H groups in total. The lowest BCUT2D eigenvalue weighted by Crippen LogP contribution is -2.43. The Kier molecular flexibility index (Phi) is 6.10. The Morgan fingerprint density at radius 3 is 2.29 bits per heavy atom. The second kappa shape index (κ2) is 8.45. The number of esters is 1. The molecule has 1 aliphatic rings. The van der Waals surface area contributed by atoms with Gasteiger partial charge in [0, 0.05) is 39.6 Å². The Bertz CT molecular complexity index is 1150. The van der Waals surface area contributed by atoms with E-state index in [1.54, 1.807) is 14.0 Å². The number of fused-ring (bicyclic) bond motifs is 1. The average Bonchev–Trinajstić information content (AvgIpc) is 2.73. The number of anilines is 2. The summed E-state index contributed by atoms with van der Waals surface area (Å²) in [6.45, 7) is 5.97. The molecule has 0 radical (unpaired) electrons. The number of hydrogen-bond donors (Lipinski definition) is 1. The second-order valence-electron chi connectivity index (χ2n) is 8.54. The van der Waals surface area contributed by atoms with Crippen LogP contribution < -0.4 is 21.5 Å². The van der Waals surface area contributed by atoms with Gasteiger partial charge in [-0.1, -0.05) is 26.0 Å². The molecule has 8 nitrogen and oxygen atoms in total. The molecular weight excluding hydrogens is 396 g/mol. The van der Waals surface area contributed by atoms with Gasteiger partial charge >= 0.3 is 11.7 Å². The van der Waals surface area contributed by atoms with Gasteiger partial charge in [0.1, 0.15) is 5.82 Å². The van der Waals surface area contributed by atoms with E-state index in [1.165, 1.54) is 11.6 Å². The smallest absolute Gasteiger partial charge is 0.336 e. The van der Waals surface area contributed by atoms with Gasteiger partial charge in [-0.2, -0.15) is 0 Å². The van der Waals surface area contributed by atoms with E-state index in [0.717, 1.165) is 15.8 Å². The molecule has 8 heteroatoms. The largest absolute Gasteiger partial charge is 0.462 e. The minimum absolute atomic E-state index is 0.181. The van der Waals surface area contributed by atoms with E-state index in [0.29, 0.717) is 22.7 Å². The first-order valence-electron chi connectivity index (χ1n) is 10.3. The number of aromatic nitrogens is 2. The van der Waals surface area contributed by atoms with Gasteiger partial charge in [0.15, 0.2) is 0 Å². The zero-order chi connectivity index (χ0) is 23.0. The van der Waals surface area contributed by atoms with Gasteiger partial charge in [-0.15, -0.1) is 0 Å². The van der Waals surface area contributed by atoms with E-state index in [4.69, 9.17) is 4.74 Å². The fourth-order valence-electron chi connectivity index (χ4n) is 3.78. The molecule has 1 aromatic carbocycles. The van der Waals surface area contributed by atoms with Gasteiger partial charge in [0.05, 0.1) is 23.7 Å². The number of nitrogens with one attached hydrogen (secondary N) is 1. The van der Waals surface area contributed by atoms with E-state index in [1.807, 2.05) is 57.1 Å². The predicted molar refractivity (Wildman–Crippen MR) is 122 cm³/mol. The first kappa shape index (κ1) is 22.4. The van der Waals surface area contributed by atoms with Crippen LogP contribution in [-0.2, 0) is 23.6 Å². The highest BCUT2D eigenvalue weighted by molar-refractivity contribution is 5.94. The summed E-state index contributed by atoms with van der Waals surface area (Å²) in [5, 5.41) is 3.11. The number of nitrogens with zero attached hydrogens (tertiary/aromatic N) is 3. The molecule has 0 saturated heterocycles. The van der Waals surface area contributed by atoms with Crippen LogP contribution in [0.1, 0.15) is 37.8 Å². The Hall–Kier alpha value is -3.29. The molecule has 3 rings (SSSR count). The summed E-state index contributed by atoms with van der Waals surface area (Å²) in [5.41, 5.74) is 2.19. The van der Waals surface area contributed by atoms with Crippen LogP contribution in [0.2, 0.25) is 0 Å². The monoisotopic (exact) mass is 426 g/mol. The maximum Gasteiger partial charge on any atom is 0.336 e. The van der Waals surface area contributed by atoms with Crippen LogP contribution in [0.5, 0.6) is 0 Å². The topological polar surface area (TPSA) is 85.6 Å². The zero-order valence-electron chi connectivity index (χ0n) is 19.1. The number of benzene rings is 1. The van der Waals surface area contributed by atoms with Crippen LogP contribution in [0.15, 0.2) is 45.1 Å². The van der Waals surface area contributed by atoms with Crippen molar-refractivity contribution in [1.29, 1.82) is 0 Å². The first-order valence-corrected chi connectivity index (χ1v) is 10.3. The van der Waals surface area contributed by atoms with Crippen molar-refractivity contribution in [3.05, 3.63) is 67.5 Å². The SMILES string of the molecule is CC1=C(C(=O)OCC(C)C)C(c2ccc(N(C)C)cc2)c2c(n(C)c(=O)n(C)c2=O)N1. The molecule has 0 spiro atoms. The molecule has 1 unspecified atom stereocenters. The molecule has 2 aromatic rings. The number of ether oxygens (including phenoxy) is 1. The molecule has 1 aliphatic heterocycles. The van der Waals surface area contributed by atoms with Crippen molar-refractivity contribution in [2.24, 2.45) is 20.0 Å². The fraction of sp³-hybridized carbons (Fsp3) is 0.435. The van der Waals surface area contributed by atoms with E-state index < -0.39 is 23.1 Å². The lowest BCUT2D eigenvalue weighted by Gasteiger charge is -2.31. The van der Waals surface area contributed by atoms with E-state index >= 15 is 0 Å². The number of carbonyl (C=O) groups is 1. The zero-order valence-corrected chi connectivity index (χ0v) is 19.1. The second-order valence-corrected chi connectivity index (χ2v) is 8.54. The van der Waals surface area contributed by atoms with Crippen LogP contribution in [0.3, 0.4) is 0 Å². The summed E-state index contributed by atoms with van der Waals surface area (Å²) in [6.07, 6.45) is 0. The van der Waals surface area contributed by atoms with Gasteiger partial charge in [-0.3, -0.25) is 13.9 Å². The minimum atomic E-state index is -0.655. The molecule has 166 valence electrons. The lowest BCUT2D eigenvalue weighted by atomic mass is 9.82. The number of allylic oxidation sites excluding steroid dienone is 1. The lowest BCUT2D eigenvalue weighted by molar-refractivity contribution is -0.140.